The molecule has 7 nitrogen and oxygen atoms in total. The van der Waals surface area contributed by atoms with Gasteiger partial charge in [0.05, 0.1) is 11.4 Å². The van der Waals surface area contributed by atoms with Crippen LogP contribution < -0.4 is 27.6 Å². The van der Waals surface area contributed by atoms with E-state index in [1.165, 1.54) is 87.8 Å². The zero-order valence-corrected chi connectivity index (χ0v) is 43.0. The summed E-state index contributed by atoms with van der Waals surface area (Å²) in [5.41, 5.74) is 14.2. The lowest BCUT2D eigenvalue weighted by Crippen LogP contribution is -3.00. The van der Waals surface area contributed by atoms with E-state index in [0.717, 1.165) is 22.7 Å². The maximum atomic E-state index is 5.08. The van der Waals surface area contributed by atoms with Crippen molar-refractivity contribution in [3.63, 3.8) is 0 Å². The van der Waals surface area contributed by atoms with Gasteiger partial charge < -0.3 is 37.3 Å². The number of nitrogens with one attached hydrogen (secondary N) is 2. The molecule has 1 heterocycles. The van der Waals surface area contributed by atoms with Crippen LogP contribution >= 0.6 is 0 Å². The molecule has 8 heteroatoms. The van der Waals surface area contributed by atoms with E-state index in [2.05, 4.69) is 248 Å². The number of ether oxygens (including phenoxy) is 3. The molecule has 0 aliphatic rings. The topological polar surface area (TPSA) is 60.6 Å². The molecule has 11 aromatic rings. The van der Waals surface area contributed by atoms with Gasteiger partial charge in [-0.15, -0.1) is 0 Å². The zero-order chi connectivity index (χ0) is 49.3. The van der Waals surface area contributed by atoms with Crippen LogP contribution in [0.15, 0.2) is 200 Å². The minimum Gasteiger partial charge on any atom is -1.00 e. The van der Waals surface area contributed by atoms with Gasteiger partial charge in [0.1, 0.15) is 11.4 Å². The van der Waals surface area contributed by atoms with Crippen LogP contribution in [0.4, 0.5) is 22.7 Å². The van der Waals surface area contributed by atoms with Crippen molar-refractivity contribution in [3.05, 3.63) is 223 Å². The number of imidazole rings is 1. The molecule has 364 valence electrons. The molecule has 1 aromatic heterocycles. The van der Waals surface area contributed by atoms with Gasteiger partial charge in [-0.3, -0.25) is 0 Å². The summed E-state index contributed by atoms with van der Waals surface area (Å²) < 4.78 is 19.9. The number of anilines is 4. The molecule has 11 rings (SSSR count). The standard InChI is InChI=1S/C29H23N2.C28H24N2.C7H16O3.ClH/c1-20-15-28-29(16-21(20)2)31(27-14-12-23-8-4-6-10-25(23)18-27)19-30(28)26-13-11-22-7-3-5-9-24(22)17-26;1-19-15-27(29-25-13-11-21-7-3-5-9-23(21)17-25)28(16-20(19)2)30-26-14-12-22-8-4-6-10-24(22)18-26;1-4-8-7(9-5-2)10-6-3;/h3-19H,1-2H3;3-18,29-30H,1-2H3;7H,4-6H2,1-3H3;1H/q+1;;;/p-1. The quantitative estimate of drug-likeness (QED) is 0.0944. The largest absolute Gasteiger partial charge is 1.00 e. The predicted octanol–water partition coefficient (Wildman–Crippen LogP) is 13.3. The Labute approximate surface area is 430 Å². The Kier molecular flexibility index (Phi) is 16.7. The van der Waals surface area contributed by atoms with Crippen LogP contribution in [0.1, 0.15) is 43.0 Å². The van der Waals surface area contributed by atoms with Crippen LogP contribution in [0, 0.1) is 27.7 Å². The average Bonchev–Trinajstić information content (AvgIpc) is 3.75. The second-order valence-electron chi connectivity index (χ2n) is 17.9. The molecule has 0 fully saturated rings. The zero-order valence-electron chi connectivity index (χ0n) is 42.2. The predicted molar refractivity (Wildman–Crippen MR) is 298 cm³/mol. The van der Waals surface area contributed by atoms with Crippen molar-refractivity contribution in [2.45, 2.75) is 54.9 Å². The molecular formula is C64H63ClN4O3. The van der Waals surface area contributed by atoms with Crippen molar-refractivity contribution >= 4 is 76.9 Å². The van der Waals surface area contributed by atoms with Gasteiger partial charge in [0.25, 0.3) is 12.8 Å². The highest BCUT2D eigenvalue weighted by Crippen LogP contribution is 2.34. The number of aryl methyl sites for hydroxylation is 4. The van der Waals surface area contributed by atoms with E-state index in [9.17, 15) is 0 Å². The van der Waals surface area contributed by atoms with Crippen LogP contribution in [0.3, 0.4) is 0 Å². The van der Waals surface area contributed by atoms with Crippen molar-refractivity contribution in [3.8, 4) is 11.4 Å². The molecule has 0 unspecified atom stereocenters. The summed E-state index contributed by atoms with van der Waals surface area (Å²) in [6.45, 7) is 15.8. The van der Waals surface area contributed by atoms with Crippen molar-refractivity contribution in [1.29, 1.82) is 0 Å². The Morgan fingerprint density at radius 2 is 0.806 bits per heavy atom. The number of fused-ring (bicyclic) bond motifs is 5. The molecule has 10 aromatic carbocycles. The maximum absolute atomic E-state index is 5.08. The minimum absolute atomic E-state index is 0. The van der Waals surface area contributed by atoms with E-state index >= 15 is 0 Å². The van der Waals surface area contributed by atoms with Gasteiger partial charge in [-0.1, -0.05) is 121 Å². The average molecular weight is 972 g/mol. The van der Waals surface area contributed by atoms with Crippen molar-refractivity contribution in [2.24, 2.45) is 0 Å². The van der Waals surface area contributed by atoms with Crippen LogP contribution in [-0.2, 0) is 14.2 Å². The van der Waals surface area contributed by atoms with Crippen LogP contribution in [0.25, 0.3) is 65.5 Å². The second-order valence-corrected chi connectivity index (χ2v) is 17.9. The van der Waals surface area contributed by atoms with Crippen LogP contribution in [-0.4, -0.2) is 30.9 Å². The number of aromatic nitrogens is 2. The van der Waals surface area contributed by atoms with Gasteiger partial charge in [0, 0.05) is 31.2 Å². The van der Waals surface area contributed by atoms with Gasteiger partial charge >= 0.3 is 0 Å². The first-order chi connectivity index (χ1) is 34.7. The first-order valence-electron chi connectivity index (χ1n) is 24.7. The molecule has 0 atom stereocenters. The molecule has 0 amide bonds. The number of hydrogen-bond donors (Lipinski definition) is 2. The summed E-state index contributed by atoms with van der Waals surface area (Å²) in [6.07, 6.45) is 2.22. The third-order valence-electron chi connectivity index (χ3n) is 13.0. The first kappa shape index (κ1) is 50.9. The molecule has 2 N–H and O–H groups in total. The summed E-state index contributed by atoms with van der Waals surface area (Å²) in [4.78, 5) is 0. The number of benzene rings is 10. The lowest BCUT2D eigenvalue weighted by molar-refractivity contribution is -0.567. The van der Waals surface area contributed by atoms with Crippen LogP contribution in [0.2, 0.25) is 0 Å². The lowest BCUT2D eigenvalue weighted by atomic mass is 10.1. The molecule has 0 bridgehead atoms. The molecule has 0 spiro atoms. The minimum atomic E-state index is -0.472. The number of nitrogens with zero attached hydrogens (tertiary/aromatic N) is 2. The fourth-order valence-corrected chi connectivity index (χ4v) is 8.90. The maximum Gasteiger partial charge on any atom is 0.271 e. The number of halogens is 1. The van der Waals surface area contributed by atoms with Gasteiger partial charge in [-0.25, -0.2) is 0 Å². The Bertz CT molecular complexity index is 3380. The Morgan fingerprint density at radius 3 is 1.28 bits per heavy atom. The Morgan fingerprint density at radius 1 is 0.417 bits per heavy atom. The SMILES string of the molecule is CCOC(OCC)OCC.Cc1cc(Nc2ccc3ccccc3c2)c(Nc2ccc3ccccc3c2)cc1C.Cc1cc2c(cc1C)[n+](-c1ccc3ccccc3c1)cn2-c1ccc2ccccc2c1.[Cl-]. The monoisotopic (exact) mass is 970 g/mol. The van der Waals surface area contributed by atoms with E-state index in [-0.39, 0.29) is 12.4 Å². The van der Waals surface area contributed by atoms with Crippen molar-refractivity contribution in [2.75, 3.05) is 30.5 Å². The summed E-state index contributed by atoms with van der Waals surface area (Å²) in [7, 11) is 0. The third kappa shape index (κ3) is 11.8. The highest BCUT2D eigenvalue weighted by molar-refractivity contribution is 5.91. The van der Waals surface area contributed by atoms with E-state index in [1.54, 1.807) is 0 Å². The number of hydrogen-bond acceptors (Lipinski definition) is 5. The van der Waals surface area contributed by atoms with Gasteiger partial charge in [-0.05, 0) is 187 Å². The molecule has 0 aliphatic carbocycles. The summed E-state index contributed by atoms with van der Waals surface area (Å²) in [5, 5.41) is 17.2. The van der Waals surface area contributed by atoms with Crippen LogP contribution in [0.5, 0.6) is 0 Å². The fourth-order valence-electron chi connectivity index (χ4n) is 8.90. The van der Waals surface area contributed by atoms with Gasteiger partial charge in [0.15, 0.2) is 11.0 Å². The van der Waals surface area contributed by atoms with E-state index in [1.807, 2.05) is 20.8 Å². The molecule has 0 radical (unpaired) electrons. The van der Waals surface area contributed by atoms with Gasteiger partial charge in [0.2, 0.25) is 0 Å². The molecule has 0 aliphatic heterocycles. The Balaban J connectivity index is 0.000000161. The third-order valence-corrected chi connectivity index (χ3v) is 13.0. The summed E-state index contributed by atoms with van der Waals surface area (Å²) in [5.74, 6) is 0. The van der Waals surface area contributed by atoms with Crippen molar-refractivity contribution in [1.82, 2.24) is 4.57 Å². The molecular weight excluding hydrogens is 908 g/mol. The molecule has 0 saturated carbocycles. The van der Waals surface area contributed by atoms with E-state index in [4.69, 9.17) is 14.2 Å². The van der Waals surface area contributed by atoms with Gasteiger partial charge in [-0.2, -0.15) is 9.13 Å². The fraction of sp³-hybridized carbons (Fsp3) is 0.172. The smallest absolute Gasteiger partial charge is 0.271 e. The van der Waals surface area contributed by atoms with Crippen molar-refractivity contribution < 1.29 is 31.2 Å². The summed E-state index contributed by atoms with van der Waals surface area (Å²) >= 11 is 0. The highest BCUT2D eigenvalue weighted by Gasteiger charge is 2.21. The van der Waals surface area contributed by atoms with E-state index < -0.39 is 6.48 Å². The summed E-state index contributed by atoms with van der Waals surface area (Å²) in [6, 6.07) is 69.4. The molecule has 72 heavy (non-hydrogen) atoms. The Hall–Kier alpha value is -7.52. The van der Waals surface area contributed by atoms with E-state index in [0.29, 0.717) is 19.8 Å². The lowest BCUT2D eigenvalue weighted by Gasteiger charge is -2.17. The first-order valence-corrected chi connectivity index (χ1v) is 24.7. The highest BCUT2D eigenvalue weighted by atomic mass is 35.5. The normalized spacial score (nSPS) is 11.1. The second kappa shape index (κ2) is 23.6. The molecule has 0 saturated heterocycles. The number of rotatable bonds is 12.